The molecule has 3 nitrogen and oxygen atoms in total. The van der Waals surface area contributed by atoms with Gasteiger partial charge in [-0.15, -0.1) is 0 Å². The van der Waals surface area contributed by atoms with E-state index in [1.165, 1.54) is 32.4 Å². The van der Waals surface area contributed by atoms with E-state index in [1.54, 1.807) is 0 Å². The number of rotatable bonds is 3. The van der Waals surface area contributed by atoms with Gasteiger partial charge in [0, 0.05) is 25.0 Å². The summed E-state index contributed by atoms with van der Waals surface area (Å²) in [7, 11) is 2.28. The summed E-state index contributed by atoms with van der Waals surface area (Å²) in [6.45, 7) is 3.57. The Balaban J connectivity index is 1.82. The molecule has 0 aromatic heterocycles. The van der Waals surface area contributed by atoms with Crippen molar-refractivity contribution < 1.29 is 0 Å². The number of likely N-dealkylation sites (tertiary alicyclic amines) is 1. The van der Waals surface area contributed by atoms with E-state index in [0.29, 0.717) is 6.42 Å². The van der Waals surface area contributed by atoms with Crippen LogP contribution in [0.5, 0.6) is 0 Å². The number of hydrogen-bond donors (Lipinski definition) is 0. The monoisotopic (exact) mass is 207 g/mol. The predicted octanol–water partition coefficient (Wildman–Crippen LogP) is 1.46. The molecule has 0 aromatic carbocycles. The van der Waals surface area contributed by atoms with Gasteiger partial charge < -0.3 is 4.90 Å². The third-order valence-corrected chi connectivity index (χ3v) is 4.00. The number of likely N-dealkylation sites (N-methyl/N-ethyl adjacent to an activating group) is 1. The van der Waals surface area contributed by atoms with E-state index in [2.05, 4.69) is 22.9 Å². The molecule has 2 atom stereocenters. The predicted molar refractivity (Wildman–Crippen MR) is 60.5 cm³/mol. The van der Waals surface area contributed by atoms with Crippen molar-refractivity contribution in [3.63, 3.8) is 0 Å². The van der Waals surface area contributed by atoms with Crippen LogP contribution in [0.3, 0.4) is 0 Å². The molecule has 2 heterocycles. The Morgan fingerprint density at radius 1 is 1.27 bits per heavy atom. The largest absolute Gasteiger partial charge is 0.302 e. The Bertz CT molecular complexity index is 246. The van der Waals surface area contributed by atoms with Crippen LogP contribution in [0.15, 0.2) is 0 Å². The van der Waals surface area contributed by atoms with Crippen molar-refractivity contribution in [2.24, 2.45) is 0 Å². The molecule has 3 heteroatoms. The summed E-state index contributed by atoms with van der Waals surface area (Å²) in [5.74, 6) is 0. The molecule has 2 aliphatic rings. The Morgan fingerprint density at radius 3 is 2.87 bits per heavy atom. The summed E-state index contributed by atoms with van der Waals surface area (Å²) < 4.78 is 0. The lowest BCUT2D eigenvalue weighted by atomic mass is 10.1. The highest BCUT2D eigenvalue weighted by molar-refractivity contribution is 4.91. The zero-order chi connectivity index (χ0) is 10.7. The smallest absolute Gasteiger partial charge is 0.0622 e. The molecule has 2 fully saturated rings. The molecule has 2 unspecified atom stereocenters. The van der Waals surface area contributed by atoms with Crippen molar-refractivity contribution in [1.82, 2.24) is 9.80 Å². The highest BCUT2D eigenvalue weighted by Gasteiger charge is 2.34. The number of hydrogen-bond acceptors (Lipinski definition) is 3. The van der Waals surface area contributed by atoms with E-state index < -0.39 is 0 Å². The maximum atomic E-state index is 8.52. The summed E-state index contributed by atoms with van der Waals surface area (Å²) in [6.07, 6.45) is 5.83. The standard InChI is InChI=1S/C12H21N3/c1-14-11-4-5-12(14)10-15(9-6-11)8-3-2-7-13/h11-12H,2-6,8-10H2,1H3. The molecule has 0 saturated carbocycles. The summed E-state index contributed by atoms with van der Waals surface area (Å²) in [5, 5.41) is 8.52. The Kier molecular flexibility index (Phi) is 3.61. The number of nitriles is 1. The molecule has 0 aromatic rings. The Labute approximate surface area is 92.7 Å². The first-order valence-electron chi connectivity index (χ1n) is 6.12. The minimum Gasteiger partial charge on any atom is -0.302 e. The topological polar surface area (TPSA) is 30.3 Å². The van der Waals surface area contributed by atoms with E-state index in [4.69, 9.17) is 5.26 Å². The second-order valence-corrected chi connectivity index (χ2v) is 4.90. The molecule has 0 radical (unpaired) electrons. The fraction of sp³-hybridized carbons (Fsp3) is 0.917. The maximum absolute atomic E-state index is 8.52. The lowest BCUT2D eigenvalue weighted by Crippen LogP contribution is -2.36. The van der Waals surface area contributed by atoms with Gasteiger partial charge in [0.1, 0.15) is 0 Å². The van der Waals surface area contributed by atoms with Gasteiger partial charge in [0.2, 0.25) is 0 Å². The molecule has 0 spiro atoms. The molecule has 2 saturated heterocycles. The first-order chi connectivity index (χ1) is 7.31. The Hall–Kier alpha value is -0.590. The van der Waals surface area contributed by atoms with Crippen LogP contribution in [0.25, 0.3) is 0 Å². The zero-order valence-electron chi connectivity index (χ0n) is 9.65. The van der Waals surface area contributed by atoms with Crippen LogP contribution in [0, 0.1) is 11.3 Å². The molecule has 2 rings (SSSR count). The number of unbranched alkanes of at least 4 members (excludes halogenated alkanes) is 1. The fourth-order valence-corrected chi connectivity index (χ4v) is 2.96. The van der Waals surface area contributed by atoms with Gasteiger partial charge in [-0.05, 0) is 45.8 Å². The molecule has 0 N–H and O–H groups in total. The van der Waals surface area contributed by atoms with E-state index in [-0.39, 0.29) is 0 Å². The number of fused-ring (bicyclic) bond motifs is 2. The van der Waals surface area contributed by atoms with Crippen LogP contribution >= 0.6 is 0 Å². The average Bonchev–Trinajstić information content (AvgIpc) is 2.46. The second-order valence-electron chi connectivity index (χ2n) is 4.90. The van der Waals surface area contributed by atoms with Gasteiger partial charge in [-0.1, -0.05) is 0 Å². The highest BCUT2D eigenvalue weighted by atomic mass is 15.3. The highest BCUT2D eigenvalue weighted by Crippen LogP contribution is 2.28. The van der Waals surface area contributed by atoms with Crippen LogP contribution in [0.1, 0.15) is 32.1 Å². The minimum atomic E-state index is 0.709. The van der Waals surface area contributed by atoms with Crippen molar-refractivity contribution in [2.45, 2.75) is 44.2 Å². The molecular weight excluding hydrogens is 186 g/mol. The zero-order valence-corrected chi connectivity index (χ0v) is 9.65. The van der Waals surface area contributed by atoms with Crippen molar-refractivity contribution in [3.05, 3.63) is 0 Å². The van der Waals surface area contributed by atoms with Crippen LogP contribution in [-0.4, -0.2) is 48.6 Å². The first-order valence-corrected chi connectivity index (χ1v) is 6.12. The van der Waals surface area contributed by atoms with E-state index in [1.807, 2.05) is 0 Å². The van der Waals surface area contributed by atoms with Crippen molar-refractivity contribution in [3.8, 4) is 6.07 Å². The summed E-state index contributed by atoms with van der Waals surface area (Å²) in [4.78, 5) is 5.13. The maximum Gasteiger partial charge on any atom is 0.0622 e. The van der Waals surface area contributed by atoms with Gasteiger partial charge in [-0.25, -0.2) is 0 Å². The summed E-state index contributed by atoms with van der Waals surface area (Å²) in [5.41, 5.74) is 0. The third-order valence-electron chi connectivity index (χ3n) is 4.00. The molecule has 2 bridgehead atoms. The van der Waals surface area contributed by atoms with Crippen LogP contribution in [-0.2, 0) is 0 Å². The van der Waals surface area contributed by atoms with Gasteiger partial charge in [0.15, 0.2) is 0 Å². The van der Waals surface area contributed by atoms with E-state index >= 15 is 0 Å². The number of nitrogens with zero attached hydrogens (tertiary/aromatic N) is 3. The van der Waals surface area contributed by atoms with Crippen molar-refractivity contribution in [1.29, 1.82) is 5.26 Å². The Morgan fingerprint density at radius 2 is 2.07 bits per heavy atom. The van der Waals surface area contributed by atoms with Gasteiger partial charge >= 0.3 is 0 Å². The SMILES string of the molecule is CN1C2CCC1CN(CCCC#N)CC2. The fourth-order valence-electron chi connectivity index (χ4n) is 2.96. The molecule has 0 amide bonds. The molecular formula is C12H21N3. The lowest BCUT2D eigenvalue weighted by Gasteiger charge is -2.25. The van der Waals surface area contributed by atoms with Gasteiger partial charge in [-0.3, -0.25) is 4.90 Å². The van der Waals surface area contributed by atoms with Crippen molar-refractivity contribution in [2.75, 3.05) is 26.7 Å². The molecule has 84 valence electrons. The van der Waals surface area contributed by atoms with E-state index in [0.717, 1.165) is 25.0 Å². The normalized spacial score (nSPS) is 32.5. The van der Waals surface area contributed by atoms with Crippen molar-refractivity contribution >= 4 is 0 Å². The lowest BCUT2D eigenvalue weighted by molar-refractivity contribution is 0.218. The van der Waals surface area contributed by atoms with Crippen LogP contribution in [0.2, 0.25) is 0 Å². The second kappa shape index (κ2) is 4.96. The van der Waals surface area contributed by atoms with Crippen LogP contribution in [0.4, 0.5) is 0 Å². The summed E-state index contributed by atoms with van der Waals surface area (Å²) in [6, 6.07) is 3.84. The quantitative estimate of drug-likeness (QED) is 0.656. The van der Waals surface area contributed by atoms with Crippen LogP contribution < -0.4 is 0 Å². The van der Waals surface area contributed by atoms with Gasteiger partial charge in [0.25, 0.3) is 0 Å². The minimum absolute atomic E-state index is 0.709. The first kappa shape index (κ1) is 10.9. The summed E-state index contributed by atoms with van der Waals surface area (Å²) >= 11 is 0. The molecule has 15 heavy (non-hydrogen) atoms. The van der Waals surface area contributed by atoms with E-state index in [9.17, 15) is 0 Å². The van der Waals surface area contributed by atoms with Gasteiger partial charge in [-0.2, -0.15) is 5.26 Å². The van der Waals surface area contributed by atoms with Gasteiger partial charge in [0.05, 0.1) is 6.07 Å². The molecule has 2 aliphatic heterocycles. The average molecular weight is 207 g/mol. The third kappa shape index (κ3) is 2.50. The molecule has 0 aliphatic carbocycles.